The molecule has 3 atom stereocenters. The van der Waals surface area contributed by atoms with E-state index in [4.69, 9.17) is 0 Å². The minimum absolute atomic E-state index is 0.102. The second kappa shape index (κ2) is 15.5. The minimum atomic E-state index is -0.765. The number of benzene rings is 1. The summed E-state index contributed by atoms with van der Waals surface area (Å²) in [6.07, 6.45) is 2.01. The van der Waals surface area contributed by atoms with Crippen molar-refractivity contribution in [3.05, 3.63) is 35.9 Å². The lowest BCUT2D eigenvalue weighted by molar-refractivity contribution is -0.132. The predicted molar refractivity (Wildman–Crippen MR) is 147 cm³/mol. The Bertz CT molecular complexity index is 855. The van der Waals surface area contributed by atoms with Gasteiger partial charge >= 0.3 is 0 Å². The van der Waals surface area contributed by atoms with Crippen molar-refractivity contribution >= 4 is 35.4 Å². The Morgan fingerprint density at radius 3 is 2.06 bits per heavy atom. The van der Waals surface area contributed by atoms with Crippen molar-refractivity contribution in [2.75, 3.05) is 13.6 Å². The second-order valence-corrected chi connectivity index (χ2v) is 12.4. The van der Waals surface area contributed by atoms with Gasteiger partial charge in [-0.2, -0.15) is 0 Å². The zero-order valence-corrected chi connectivity index (χ0v) is 23.6. The van der Waals surface area contributed by atoms with E-state index in [9.17, 15) is 19.2 Å². The average molecular weight is 521 g/mol. The fraction of sp³-hybridized carbons (Fsp3) is 0.630. The van der Waals surface area contributed by atoms with E-state index in [1.165, 1.54) is 14.0 Å². The highest BCUT2D eigenvalue weighted by Gasteiger charge is 2.31. The van der Waals surface area contributed by atoms with Crippen molar-refractivity contribution in [2.24, 2.45) is 5.92 Å². The maximum absolute atomic E-state index is 13.3. The molecule has 0 fully saturated rings. The van der Waals surface area contributed by atoms with Gasteiger partial charge in [-0.15, -0.1) is 11.8 Å². The van der Waals surface area contributed by atoms with E-state index in [0.717, 1.165) is 5.56 Å². The summed E-state index contributed by atoms with van der Waals surface area (Å²) >= 11 is 1.55. The molecule has 8 nitrogen and oxygen atoms in total. The predicted octanol–water partition coefficient (Wildman–Crippen LogP) is 2.81. The number of hydrogen-bond donors (Lipinski definition) is 4. The van der Waals surface area contributed by atoms with Gasteiger partial charge in [0.1, 0.15) is 12.1 Å². The number of nitrogens with one attached hydrogen (secondary N) is 4. The van der Waals surface area contributed by atoms with E-state index in [2.05, 4.69) is 21.3 Å². The molecule has 1 aromatic carbocycles. The first-order chi connectivity index (χ1) is 16.8. The Hall–Kier alpha value is -2.55. The molecule has 1 rings (SSSR count). The van der Waals surface area contributed by atoms with Crippen molar-refractivity contribution < 1.29 is 19.2 Å². The molecule has 0 saturated carbocycles. The van der Waals surface area contributed by atoms with E-state index in [0.29, 0.717) is 32.2 Å². The topological polar surface area (TPSA) is 116 Å². The second-order valence-electron chi connectivity index (χ2n) is 10.4. The van der Waals surface area contributed by atoms with E-state index in [1.807, 2.05) is 65.0 Å². The Morgan fingerprint density at radius 2 is 1.53 bits per heavy atom. The molecule has 0 aliphatic rings. The summed E-state index contributed by atoms with van der Waals surface area (Å²) in [5, 5.41) is 10.8. The van der Waals surface area contributed by atoms with Crippen LogP contribution in [0.5, 0.6) is 0 Å². The third kappa shape index (κ3) is 13.0. The van der Waals surface area contributed by atoms with Crippen molar-refractivity contribution in [3.8, 4) is 0 Å². The Labute approximate surface area is 220 Å². The van der Waals surface area contributed by atoms with Crippen molar-refractivity contribution in [1.82, 2.24) is 21.3 Å². The summed E-state index contributed by atoms with van der Waals surface area (Å²) in [6.45, 7) is 12.1. The van der Waals surface area contributed by atoms with Crippen molar-refractivity contribution in [3.63, 3.8) is 0 Å². The summed E-state index contributed by atoms with van der Waals surface area (Å²) in [5.41, 5.74) is 0.927. The first-order valence-corrected chi connectivity index (χ1v) is 13.5. The largest absolute Gasteiger partial charge is 0.357 e. The monoisotopic (exact) mass is 520 g/mol. The minimum Gasteiger partial charge on any atom is -0.357 e. The van der Waals surface area contributed by atoms with Crippen LogP contribution in [0, 0.1) is 5.92 Å². The van der Waals surface area contributed by atoms with Crippen LogP contribution < -0.4 is 21.3 Å². The molecule has 0 aliphatic heterocycles. The summed E-state index contributed by atoms with van der Waals surface area (Å²) in [5.74, 6) is -0.824. The molecule has 36 heavy (non-hydrogen) atoms. The zero-order chi connectivity index (χ0) is 27.3. The third-order valence-corrected chi connectivity index (χ3v) is 6.75. The molecule has 0 aliphatic carbocycles. The number of carbonyl (C=O) groups is 4. The average Bonchev–Trinajstić information content (AvgIpc) is 2.79. The lowest BCUT2D eigenvalue weighted by Crippen LogP contribution is -2.55. The molecule has 0 saturated heterocycles. The number of amides is 4. The zero-order valence-electron chi connectivity index (χ0n) is 22.8. The van der Waals surface area contributed by atoms with E-state index >= 15 is 0 Å². The maximum Gasteiger partial charge on any atom is 0.243 e. The van der Waals surface area contributed by atoms with Gasteiger partial charge in [0.2, 0.25) is 23.6 Å². The van der Waals surface area contributed by atoms with Crippen LogP contribution in [0.1, 0.15) is 66.4 Å². The van der Waals surface area contributed by atoms with E-state index < -0.39 is 12.1 Å². The molecule has 9 heteroatoms. The SMILES string of the molecule is CNC(=O)[C@H](Cc1ccccc1)NC(=O)C(CC(C)C)NC(=O)C(CCCNC(C)=O)SC(C)(C)C. The fourth-order valence-corrected chi connectivity index (χ4v) is 5.01. The molecule has 202 valence electrons. The molecule has 0 bridgehead atoms. The van der Waals surface area contributed by atoms with Crippen molar-refractivity contribution in [1.29, 1.82) is 0 Å². The third-order valence-electron chi connectivity index (χ3n) is 5.31. The summed E-state index contributed by atoms with van der Waals surface area (Å²) in [4.78, 5) is 50.4. The van der Waals surface area contributed by atoms with Crippen LogP contribution in [-0.4, -0.2) is 59.3 Å². The van der Waals surface area contributed by atoms with Crippen LogP contribution in [-0.2, 0) is 25.6 Å². The Kier molecular flexibility index (Phi) is 13.6. The van der Waals surface area contributed by atoms with Gasteiger partial charge in [-0.25, -0.2) is 0 Å². The molecule has 0 spiro atoms. The normalized spacial score (nSPS) is 13.9. The summed E-state index contributed by atoms with van der Waals surface area (Å²) in [6, 6.07) is 7.97. The summed E-state index contributed by atoms with van der Waals surface area (Å²) < 4.78 is -0.161. The van der Waals surface area contributed by atoms with Crippen LogP contribution in [0.4, 0.5) is 0 Å². The smallest absolute Gasteiger partial charge is 0.243 e. The van der Waals surface area contributed by atoms with Crippen molar-refractivity contribution in [2.45, 2.75) is 89.3 Å². The van der Waals surface area contributed by atoms with Crippen LogP contribution in [0.2, 0.25) is 0 Å². The van der Waals surface area contributed by atoms with Gasteiger partial charge in [0.25, 0.3) is 0 Å². The molecular weight excluding hydrogens is 476 g/mol. The molecule has 0 heterocycles. The molecular formula is C27H44N4O4S. The van der Waals surface area contributed by atoms with Crippen LogP contribution in [0.3, 0.4) is 0 Å². The lowest BCUT2D eigenvalue weighted by Gasteiger charge is -2.28. The highest BCUT2D eigenvalue weighted by molar-refractivity contribution is 8.01. The summed E-state index contributed by atoms with van der Waals surface area (Å²) in [7, 11) is 1.54. The lowest BCUT2D eigenvalue weighted by atomic mass is 10.0. The van der Waals surface area contributed by atoms with Gasteiger partial charge in [-0.3, -0.25) is 19.2 Å². The van der Waals surface area contributed by atoms with Crippen LogP contribution in [0.15, 0.2) is 30.3 Å². The molecule has 2 unspecified atom stereocenters. The molecule has 4 N–H and O–H groups in total. The number of carbonyl (C=O) groups excluding carboxylic acids is 4. The van der Waals surface area contributed by atoms with E-state index in [-0.39, 0.29) is 39.5 Å². The number of likely N-dealkylation sites (N-methyl/N-ethyl adjacent to an activating group) is 1. The Morgan fingerprint density at radius 1 is 0.917 bits per heavy atom. The number of thioether (sulfide) groups is 1. The quantitative estimate of drug-likeness (QED) is 0.282. The van der Waals surface area contributed by atoms with Gasteiger partial charge < -0.3 is 21.3 Å². The molecule has 4 amide bonds. The van der Waals surface area contributed by atoms with Gasteiger partial charge in [-0.05, 0) is 30.7 Å². The maximum atomic E-state index is 13.3. The van der Waals surface area contributed by atoms with Gasteiger partial charge in [-0.1, -0.05) is 65.0 Å². The molecule has 0 radical (unpaired) electrons. The standard InChI is InChI=1S/C27H44N4O4S/c1-18(2)16-21(25(34)30-22(24(33)28-7)17-20-12-9-8-10-13-20)31-26(35)23(36-27(4,5)6)14-11-15-29-19(3)32/h8-10,12-13,18,21-23H,11,14-17H2,1-7H3,(H,28,33)(H,29,32)(H,30,34)(H,31,35)/t21?,22-,23?/m0/s1. The van der Waals surface area contributed by atoms with E-state index in [1.54, 1.807) is 11.8 Å². The van der Waals surface area contributed by atoms with Crippen LogP contribution in [0.25, 0.3) is 0 Å². The highest BCUT2D eigenvalue weighted by atomic mass is 32.2. The number of rotatable bonds is 14. The van der Waals surface area contributed by atoms with Gasteiger partial charge in [0.05, 0.1) is 5.25 Å². The van der Waals surface area contributed by atoms with Gasteiger partial charge in [0, 0.05) is 31.7 Å². The Balaban J connectivity index is 2.99. The fourth-order valence-electron chi connectivity index (χ4n) is 3.70. The van der Waals surface area contributed by atoms with Crippen LogP contribution >= 0.6 is 11.8 Å². The first kappa shape index (κ1) is 31.5. The van der Waals surface area contributed by atoms with Gasteiger partial charge in [0.15, 0.2) is 0 Å². The first-order valence-electron chi connectivity index (χ1n) is 12.6. The highest BCUT2D eigenvalue weighted by Crippen LogP contribution is 2.31. The molecule has 0 aromatic heterocycles. The number of hydrogen-bond acceptors (Lipinski definition) is 5. The molecule has 1 aromatic rings.